The fourth-order valence-corrected chi connectivity index (χ4v) is 4.73. The summed E-state index contributed by atoms with van der Waals surface area (Å²) >= 11 is 2.62. The number of unbranched alkanes of at least 4 members (excludes halogenated alkanes) is 2. The molecule has 0 aliphatic rings. The summed E-state index contributed by atoms with van der Waals surface area (Å²) in [4.78, 5) is -0.0661. The molecule has 0 rings (SSSR count). The quantitative estimate of drug-likeness (QED) is 0.529. The Morgan fingerprint density at radius 1 is 1.25 bits per heavy atom. The van der Waals surface area contributed by atoms with E-state index in [0.717, 1.165) is 12.8 Å². The molecule has 0 aliphatic heterocycles. The number of hydrogen-bond donors (Lipinski definition) is 0. The minimum Gasteiger partial charge on any atom is -0.223 e. The molecule has 0 aliphatic carbocycles. The highest BCUT2D eigenvalue weighted by Crippen LogP contribution is 2.30. The molecule has 0 aromatic heterocycles. The third-order valence-electron chi connectivity index (χ3n) is 1.99. The molecule has 0 aromatic rings. The molecule has 0 amide bonds. The van der Waals surface area contributed by atoms with Gasteiger partial charge in [-0.1, -0.05) is 19.8 Å². The smallest absolute Gasteiger partial charge is 0.190 e. The zero-order chi connectivity index (χ0) is 12.6. The molecule has 0 unspecified atom stereocenters. The SMILES string of the molecule is CCCCCS(=O)(=O)C(C#N)=C(SC)SC. The third kappa shape index (κ3) is 4.81. The molecule has 0 spiro atoms. The van der Waals surface area contributed by atoms with Gasteiger partial charge in [-0.3, -0.25) is 0 Å². The lowest BCUT2D eigenvalue weighted by Gasteiger charge is -2.06. The molecule has 3 nitrogen and oxygen atoms in total. The van der Waals surface area contributed by atoms with Crippen LogP contribution >= 0.6 is 23.5 Å². The Morgan fingerprint density at radius 2 is 1.81 bits per heavy atom. The molecule has 0 saturated carbocycles. The monoisotopic (exact) mass is 279 g/mol. The highest BCUT2D eigenvalue weighted by molar-refractivity contribution is 8.22. The van der Waals surface area contributed by atoms with Crippen molar-refractivity contribution in [3.05, 3.63) is 9.14 Å². The van der Waals surface area contributed by atoms with Crippen LogP contribution in [0.3, 0.4) is 0 Å². The number of thioether (sulfide) groups is 2. The highest BCUT2D eigenvalue weighted by atomic mass is 32.2. The zero-order valence-corrected chi connectivity index (χ0v) is 12.3. The van der Waals surface area contributed by atoms with Gasteiger partial charge in [-0.05, 0) is 18.9 Å². The van der Waals surface area contributed by atoms with Crippen LogP contribution in [0.25, 0.3) is 0 Å². The van der Waals surface area contributed by atoms with E-state index in [-0.39, 0.29) is 10.7 Å². The summed E-state index contributed by atoms with van der Waals surface area (Å²) in [7, 11) is -3.39. The van der Waals surface area contributed by atoms with E-state index >= 15 is 0 Å². The third-order valence-corrected chi connectivity index (χ3v) is 6.14. The topological polar surface area (TPSA) is 57.9 Å². The summed E-state index contributed by atoms with van der Waals surface area (Å²) in [5.74, 6) is 0.0777. The van der Waals surface area contributed by atoms with Crippen LogP contribution in [0, 0.1) is 11.3 Å². The normalized spacial score (nSPS) is 10.9. The first kappa shape index (κ1) is 15.9. The molecule has 0 aromatic carbocycles. The van der Waals surface area contributed by atoms with Crippen LogP contribution in [-0.2, 0) is 9.84 Å². The summed E-state index contributed by atoms with van der Waals surface area (Å²) < 4.78 is 24.4. The van der Waals surface area contributed by atoms with Gasteiger partial charge in [0.05, 0.1) is 9.99 Å². The van der Waals surface area contributed by atoms with Crippen molar-refractivity contribution in [2.75, 3.05) is 18.3 Å². The van der Waals surface area contributed by atoms with E-state index in [0.29, 0.717) is 10.7 Å². The summed E-state index contributed by atoms with van der Waals surface area (Å²) in [6.07, 6.45) is 6.04. The molecule has 16 heavy (non-hydrogen) atoms. The van der Waals surface area contributed by atoms with Crippen molar-refractivity contribution in [1.82, 2.24) is 0 Å². The van der Waals surface area contributed by atoms with E-state index in [9.17, 15) is 8.42 Å². The Labute approximate surface area is 107 Å². The van der Waals surface area contributed by atoms with Gasteiger partial charge in [-0.2, -0.15) is 5.26 Å². The molecule has 0 heterocycles. The van der Waals surface area contributed by atoms with Crippen LogP contribution in [0.1, 0.15) is 26.2 Å². The van der Waals surface area contributed by atoms with Gasteiger partial charge in [0.1, 0.15) is 6.07 Å². The summed E-state index contributed by atoms with van der Waals surface area (Å²) in [5.41, 5.74) is 0. The maximum Gasteiger partial charge on any atom is 0.190 e. The van der Waals surface area contributed by atoms with Crippen molar-refractivity contribution < 1.29 is 8.42 Å². The van der Waals surface area contributed by atoms with Crippen molar-refractivity contribution in [2.24, 2.45) is 0 Å². The van der Waals surface area contributed by atoms with Crippen LogP contribution in [-0.4, -0.2) is 26.7 Å². The van der Waals surface area contributed by atoms with Gasteiger partial charge in [-0.15, -0.1) is 23.5 Å². The van der Waals surface area contributed by atoms with Crippen molar-refractivity contribution in [3.63, 3.8) is 0 Å². The van der Waals surface area contributed by atoms with Crippen molar-refractivity contribution in [3.8, 4) is 6.07 Å². The Bertz CT molecular complexity index is 373. The Kier molecular flexibility index (Phi) is 7.98. The summed E-state index contributed by atoms with van der Waals surface area (Å²) in [6, 6.07) is 1.82. The van der Waals surface area contributed by atoms with Gasteiger partial charge in [0.25, 0.3) is 0 Å². The molecular formula is C10H17NO2S3. The second-order valence-electron chi connectivity index (χ2n) is 3.16. The minimum absolute atomic E-state index is 0.0661. The summed E-state index contributed by atoms with van der Waals surface area (Å²) in [6.45, 7) is 2.02. The highest BCUT2D eigenvalue weighted by Gasteiger charge is 2.21. The molecule has 0 N–H and O–H groups in total. The molecule has 92 valence electrons. The Morgan fingerprint density at radius 3 is 2.19 bits per heavy atom. The second-order valence-corrected chi connectivity index (χ2v) is 7.10. The van der Waals surface area contributed by atoms with Gasteiger partial charge in [-0.25, -0.2) is 8.42 Å². The van der Waals surface area contributed by atoms with Gasteiger partial charge in [0, 0.05) is 0 Å². The van der Waals surface area contributed by atoms with E-state index in [1.807, 2.05) is 13.0 Å². The lowest BCUT2D eigenvalue weighted by molar-refractivity contribution is 0.598. The van der Waals surface area contributed by atoms with Gasteiger partial charge >= 0.3 is 0 Å². The number of sulfone groups is 1. The Hall–Kier alpha value is -0.120. The molecule has 0 saturated heterocycles. The first-order chi connectivity index (χ1) is 7.53. The maximum absolute atomic E-state index is 11.9. The zero-order valence-electron chi connectivity index (χ0n) is 9.82. The van der Waals surface area contributed by atoms with E-state index in [2.05, 4.69) is 0 Å². The maximum atomic E-state index is 11.9. The van der Waals surface area contributed by atoms with Crippen LogP contribution in [0.2, 0.25) is 0 Å². The van der Waals surface area contributed by atoms with Crippen molar-refractivity contribution in [2.45, 2.75) is 26.2 Å². The van der Waals surface area contributed by atoms with E-state index in [4.69, 9.17) is 5.26 Å². The number of nitrogens with zero attached hydrogens (tertiary/aromatic N) is 1. The fraction of sp³-hybridized carbons (Fsp3) is 0.700. The molecular weight excluding hydrogens is 262 g/mol. The molecule has 0 fully saturated rings. The van der Waals surface area contributed by atoms with Gasteiger partial charge < -0.3 is 0 Å². The summed E-state index contributed by atoms with van der Waals surface area (Å²) in [5, 5.41) is 8.94. The lowest BCUT2D eigenvalue weighted by Crippen LogP contribution is -2.09. The van der Waals surface area contributed by atoms with Gasteiger partial charge in [0.15, 0.2) is 14.7 Å². The van der Waals surface area contributed by atoms with Crippen LogP contribution < -0.4 is 0 Å². The standard InChI is InChI=1S/C10H17NO2S3/c1-4-5-6-7-16(12,13)9(8-11)10(14-2)15-3/h4-7H2,1-3H3. The number of nitriles is 1. The lowest BCUT2D eigenvalue weighted by atomic mass is 10.3. The first-order valence-electron chi connectivity index (χ1n) is 4.98. The van der Waals surface area contributed by atoms with Crippen LogP contribution in [0.5, 0.6) is 0 Å². The number of rotatable bonds is 7. The predicted octanol–water partition coefficient (Wildman–Crippen LogP) is 3.01. The first-order valence-corrected chi connectivity index (χ1v) is 9.08. The predicted molar refractivity (Wildman–Crippen MR) is 73.0 cm³/mol. The van der Waals surface area contributed by atoms with E-state index in [1.54, 1.807) is 12.5 Å². The Balaban J connectivity index is 4.97. The number of allylic oxidation sites excluding steroid dienone is 1. The van der Waals surface area contributed by atoms with Crippen molar-refractivity contribution >= 4 is 33.4 Å². The van der Waals surface area contributed by atoms with Crippen molar-refractivity contribution in [1.29, 1.82) is 5.26 Å². The minimum atomic E-state index is -3.39. The second kappa shape index (κ2) is 8.04. The largest absolute Gasteiger partial charge is 0.223 e. The average molecular weight is 279 g/mol. The molecule has 0 atom stereocenters. The fourth-order valence-electron chi connectivity index (χ4n) is 1.16. The molecule has 6 heteroatoms. The average Bonchev–Trinajstić information content (AvgIpc) is 2.25. The van der Waals surface area contributed by atoms with Gasteiger partial charge in [0.2, 0.25) is 0 Å². The molecule has 0 bridgehead atoms. The molecule has 0 radical (unpaired) electrons. The van der Waals surface area contributed by atoms with E-state index < -0.39 is 9.84 Å². The van der Waals surface area contributed by atoms with Crippen LogP contribution in [0.15, 0.2) is 9.14 Å². The van der Waals surface area contributed by atoms with E-state index in [1.165, 1.54) is 23.5 Å². The number of hydrogen-bond acceptors (Lipinski definition) is 5. The van der Waals surface area contributed by atoms with Crippen LogP contribution in [0.4, 0.5) is 0 Å².